The second kappa shape index (κ2) is 8.60. The Morgan fingerprint density at radius 1 is 0.828 bits per heavy atom. The molecule has 3 aromatic carbocycles. The van der Waals surface area contributed by atoms with Crippen LogP contribution < -0.4 is 10.6 Å². The van der Waals surface area contributed by atoms with Crippen LogP contribution in [-0.4, -0.2) is 11.8 Å². The third-order valence-corrected chi connectivity index (χ3v) is 4.21. The number of anilines is 1. The summed E-state index contributed by atoms with van der Waals surface area (Å²) in [7, 11) is 0. The summed E-state index contributed by atoms with van der Waals surface area (Å²) in [6.45, 7) is 2.26. The number of carbonyl (C=O) groups is 2. The van der Waals surface area contributed by atoms with Crippen molar-refractivity contribution in [1.29, 1.82) is 0 Å². The van der Waals surface area contributed by atoms with E-state index in [2.05, 4.69) is 10.6 Å². The van der Waals surface area contributed by atoms with Crippen molar-refractivity contribution < 1.29 is 22.8 Å². The van der Waals surface area contributed by atoms with Crippen molar-refractivity contribution in [2.75, 3.05) is 5.32 Å². The lowest BCUT2D eigenvalue weighted by Crippen LogP contribution is -2.23. The van der Waals surface area contributed by atoms with Crippen LogP contribution in [-0.2, 0) is 6.54 Å². The number of rotatable bonds is 5. The number of amides is 2. The average molecular weight is 398 g/mol. The van der Waals surface area contributed by atoms with Gasteiger partial charge in [0.05, 0.1) is 5.69 Å². The van der Waals surface area contributed by atoms with Gasteiger partial charge in [-0.1, -0.05) is 35.9 Å². The van der Waals surface area contributed by atoms with Gasteiger partial charge in [0.15, 0.2) is 17.5 Å². The number of carbonyl (C=O) groups excluding carboxylic acids is 2. The Bertz CT molecular complexity index is 1080. The lowest BCUT2D eigenvalue weighted by Gasteiger charge is -2.09. The topological polar surface area (TPSA) is 58.2 Å². The van der Waals surface area contributed by atoms with Crippen LogP contribution in [0.2, 0.25) is 0 Å². The van der Waals surface area contributed by atoms with Crippen LogP contribution in [0.4, 0.5) is 18.9 Å². The monoisotopic (exact) mass is 398 g/mol. The first-order chi connectivity index (χ1) is 13.8. The summed E-state index contributed by atoms with van der Waals surface area (Å²) in [6, 6.07) is 15.1. The summed E-state index contributed by atoms with van der Waals surface area (Å²) >= 11 is 0. The maximum atomic E-state index is 13.7. The molecule has 0 aromatic heterocycles. The minimum Gasteiger partial charge on any atom is -0.348 e. The lowest BCUT2D eigenvalue weighted by atomic mass is 10.1. The predicted molar refractivity (Wildman–Crippen MR) is 103 cm³/mol. The van der Waals surface area contributed by atoms with E-state index in [4.69, 9.17) is 0 Å². The zero-order valence-corrected chi connectivity index (χ0v) is 15.4. The van der Waals surface area contributed by atoms with Crippen molar-refractivity contribution in [3.8, 4) is 0 Å². The van der Waals surface area contributed by atoms with Crippen molar-refractivity contribution in [1.82, 2.24) is 5.32 Å². The molecular formula is C22H17F3N2O2. The number of hydrogen-bond acceptors (Lipinski definition) is 2. The van der Waals surface area contributed by atoms with Gasteiger partial charge < -0.3 is 10.6 Å². The highest BCUT2D eigenvalue weighted by molar-refractivity contribution is 6.06. The summed E-state index contributed by atoms with van der Waals surface area (Å²) in [5.41, 5.74) is 1.80. The first kappa shape index (κ1) is 20.1. The van der Waals surface area contributed by atoms with Crippen LogP contribution in [0.15, 0.2) is 60.7 Å². The third-order valence-electron chi connectivity index (χ3n) is 4.21. The number of hydrogen-bond donors (Lipinski definition) is 2. The molecule has 0 fully saturated rings. The Morgan fingerprint density at radius 2 is 1.52 bits per heavy atom. The Labute approximate surface area is 165 Å². The summed E-state index contributed by atoms with van der Waals surface area (Å²) in [6.07, 6.45) is 0. The van der Waals surface area contributed by atoms with Crippen LogP contribution >= 0.6 is 0 Å². The molecule has 0 unspecified atom stereocenters. The van der Waals surface area contributed by atoms with Gasteiger partial charge in [-0.3, -0.25) is 9.59 Å². The number of nitrogens with one attached hydrogen (secondary N) is 2. The van der Waals surface area contributed by atoms with Crippen molar-refractivity contribution >= 4 is 17.5 Å². The normalized spacial score (nSPS) is 10.5. The van der Waals surface area contributed by atoms with E-state index in [1.807, 2.05) is 31.2 Å². The number of halogens is 3. The SMILES string of the molecule is Cc1cccc(CNC(=O)c2cccc(C(=O)Nc3ccc(F)c(F)c3F)c2)c1. The summed E-state index contributed by atoms with van der Waals surface area (Å²) in [4.78, 5) is 24.7. The predicted octanol–water partition coefficient (Wildman–Crippen LogP) is 4.59. The maximum absolute atomic E-state index is 13.7. The summed E-state index contributed by atoms with van der Waals surface area (Å²) in [5, 5.41) is 4.93. The molecule has 0 heterocycles. The van der Waals surface area contributed by atoms with Gasteiger partial charge in [-0.15, -0.1) is 0 Å². The van der Waals surface area contributed by atoms with Gasteiger partial charge in [0.2, 0.25) is 0 Å². The smallest absolute Gasteiger partial charge is 0.255 e. The molecule has 0 aliphatic heterocycles. The van der Waals surface area contributed by atoms with Gasteiger partial charge in [0.25, 0.3) is 11.8 Å². The van der Waals surface area contributed by atoms with E-state index >= 15 is 0 Å². The Hall–Kier alpha value is -3.61. The van der Waals surface area contributed by atoms with Crippen LogP contribution in [0.25, 0.3) is 0 Å². The van der Waals surface area contributed by atoms with Gasteiger partial charge in [0.1, 0.15) is 0 Å². The van der Waals surface area contributed by atoms with Gasteiger partial charge in [-0.25, -0.2) is 13.2 Å². The van der Waals surface area contributed by atoms with E-state index in [1.165, 1.54) is 24.3 Å². The van der Waals surface area contributed by atoms with Gasteiger partial charge in [-0.2, -0.15) is 0 Å². The molecule has 29 heavy (non-hydrogen) atoms. The average Bonchev–Trinajstić information content (AvgIpc) is 2.72. The Kier molecular flexibility index (Phi) is 5.97. The molecule has 0 saturated heterocycles. The minimum absolute atomic E-state index is 0.0670. The second-order valence-corrected chi connectivity index (χ2v) is 6.43. The molecule has 148 valence electrons. The Balaban J connectivity index is 1.70. The second-order valence-electron chi connectivity index (χ2n) is 6.43. The van der Waals surface area contributed by atoms with E-state index in [1.54, 1.807) is 0 Å². The highest BCUT2D eigenvalue weighted by Crippen LogP contribution is 2.20. The molecule has 0 aliphatic carbocycles. The summed E-state index contributed by atoms with van der Waals surface area (Å²) in [5.74, 6) is -5.67. The van der Waals surface area contributed by atoms with E-state index in [0.717, 1.165) is 17.2 Å². The maximum Gasteiger partial charge on any atom is 0.255 e. The first-order valence-corrected chi connectivity index (χ1v) is 8.74. The highest BCUT2D eigenvalue weighted by Gasteiger charge is 2.17. The summed E-state index contributed by atoms with van der Waals surface area (Å²) < 4.78 is 40.1. The fraction of sp³-hybridized carbons (Fsp3) is 0.0909. The van der Waals surface area contributed by atoms with Crippen molar-refractivity contribution in [3.63, 3.8) is 0 Å². The van der Waals surface area contributed by atoms with E-state index in [0.29, 0.717) is 12.6 Å². The fourth-order valence-electron chi connectivity index (χ4n) is 2.73. The van der Waals surface area contributed by atoms with E-state index < -0.39 is 29.0 Å². The van der Waals surface area contributed by atoms with Crippen LogP contribution in [0.1, 0.15) is 31.8 Å². The molecule has 2 N–H and O–H groups in total. The van der Waals surface area contributed by atoms with Crippen LogP contribution in [0.3, 0.4) is 0 Å². The molecule has 7 heteroatoms. The van der Waals surface area contributed by atoms with Crippen molar-refractivity contribution in [3.05, 3.63) is 100 Å². The van der Waals surface area contributed by atoms with Crippen LogP contribution in [0, 0.1) is 24.4 Å². The zero-order valence-electron chi connectivity index (χ0n) is 15.4. The van der Waals surface area contributed by atoms with Gasteiger partial charge >= 0.3 is 0 Å². The molecule has 0 radical (unpaired) electrons. The molecule has 3 aromatic rings. The van der Waals surface area contributed by atoms with Gasteiger partial charge in [-0.05, 0) is 42.8 Å². The molecule has 0 spiro atoms. The zero-order chi connectivity index (χ0) is 21.0. The number of aryl methyl sites for hydroxylation is 1. The number of benzene rings is 3. The molecular weight excluding hydrogens is 381 g/mol. The lowest BCUT2D eigenvalue weighted by molar-refractivity contribution is 0.0951. The largest absolute Gasteiger partial charge is 0.348 e. The third kappa shape index (κ3) is 4.82. The molecule has 3 rings (SSSR count). The molecule has 4 nitrogen and oxygen atoms in total. The molecule has 2 amide bonds. The fourth-order valence-corrected chi connectivity index (χ4v) is 2.73. The Morgan fingerprint density at radius 3 is 2.24 bits per heavy atom. The van der Waals surface area contributed by atoms with E-state index in [-0.39, 0.29) is 17.0 Å². The quantitative estimate of drug-likeness (QED) is 0.618. The molecule has 0 saturated carbocycles. The molecule has 0 aliphatic rings. The first-order valence-electron chi connectivity index (χ1n) is 8.74. The highest BCUT2D eigenvalue weighted by atomic mass is 19.2. The standard InChI is InChI=1S/C22H17F3N2O2/c1-13-4-2-5-14(10-13)12-26-21(28)15-6-3-7-16(11-15)22(29)27-18-9-8-17(23)19(24)20(18)25/h2-11H,12H2,1H3,(H,26,28)(H,27,29). The minimum atomic E-state index is -1.67. The molecule has 0 atom stereocenters. The molecule has 0 bridgehead atoms. The van der Waals surface area contributed by atoms with Gasteiger partial charge in [0, 0.05) is 17.7 Å². The van der Waals surface area contributed by atoms with E-state index in [9.17, 15) is 22.8 Å². The van der Waals surface area contributed by atoms with Crippen molar-refractivity contribution in [2.45, 2.75) is 13.5 Å². The van der Waals surface area contributed by atoms with Crippen molar-refractivity contribution in [2.24, 2.45) is 0 Å². The van der Waals surface area contributed by atoms with Crippen LogP contribution in [0.5, 0.6) is 0 Å².